The Kier molecular flexibility index (Phi) is 5.98. The first-order valence-corrected chi connectivity index (χ1v) is 10.2. The molecule has 1 aliphatic heterocycles. The number of carbonyl (C=O) groups is 1. The van der Waals surface area contributed by atoms with E-state index in [1.54, 1.807) is 12.4 Å². The molecule has 3 heterocycles. The van der Waals surface area contributed by atoms with Crippen LogP contribution in [0.4, 0.5) is 0 Å². The summed E-state index contributed by atoms with van der Waals surface area (Å²) in [5.41, 5.74) is 1.86. The number of ether oxygens (including phenoxy) is 1. The summed E-state index contributed by atoms with van der Waals surface area (Å²) in [5, 5.41) is 12.3. The van der Waals surface area contributed by atoms with Crippen molar-refractivity contribution < 1.29 is 9.53 Å². The molecule has 1 fully saturated rings. The monoisotopic (exact) mass is 395 g/mol. The molecule has 0 radical (unpaired) electrons. The fourth-order valence-electron chi connectivity index (χ4n) is 3.08. The molecule has 1 saturated heterocycles. The van der Waals surface area contributed by atoms with E-state index in [1.165, 1.54) is 11.8 Å². The number of rotatable bonds is 7. The Labute approximate surface area is 167 Å². The van der Waals surface area contributed by atoms with Crippen LogP contribution in [0.15, 0.2) is 60.0 Å². The normalized spacial score (nSPS) is 16.2. The molecule has 1 N–H and O–H groups in total. The summed E-state index contributed by atoms with van der Waals surface area (Å²) in [4.78, 5) is 16.3. The molecule has 0 saturated carbocycles. The van der Waals surface area contributed by atoms with E-state index in [1.807, 2.05) is 47.0 Å². The van der Waals surface area contributed by atoms with Crippen LogP contribution in [0, 0.1) is 0 Å². The molecular weight excluding hydrogens is 374 g/mol. The smallest absolute Gasteiger partial charge is 0.230 e. The van der Waals surface area contributed by atoms with Crippen molar-refractivity contribution in [3.8, 4) is 17.1 Å². The van der Waals surface area contributed by atoms with Crippen molar-refractivity contribution in [2.45, 2.75) is 24.1 Å². The highest BCUT2D eigenvalue weighted by molar-refractivity contribution is 7.99. The van der Waals surface area contributed by atoms with Gasteiger partial charge in [-0.15, -0.1) is 10.2 Å². The molecule has 2 aromatic heterocycles. The lowest BCUT2D eigenvalue weighted by molar-refractivity contribution is -0.119. The molecule has 3 aromatic rings. The van der Waals surface area contributed by atoms with E-state index < -0.39 is 0 Å². The number of thioether (sulfide) groups is 1. The molecule has 0 unspecified atom stereocenters. The highest BCUT2D eigenvalue weighted by Gasteiger charge is 2.19. The van der Waals surface area contributed by atoms with Crippen LogP contribution < -0.4 is 5.32 Å². The summed E-state index contributed by atoms with van der Waals surface area (Å²) in [7, 11) is 0. The number of hydrogen-bond donors (Lipinski definition) is 1. The standard InChI is InChI=1S/C20H21N5O2S/c26-18(22-13-17-7-4-12-27-17)14-28-20-24-23-19(15-8-10-21-11-9-15)25(20)16-5-2-1-3-6-16/h1-3,5-6,8-11,17H,4,7,12-14H2,(H,22,26)/t17-/m1/s1. The second kappa shape index (κ2) is 8.99. The minimum Gasteiger partial charge on any atom is -0.376 e. The Balaban J connectivity index is 1.50. The molecule has 0 aliphatic carbocycles. The molecule has 0 bridgehead atoms. The number of para-hydroxylation sites is 1. The number of nitrogens with one attached hydrogen (secondary N) is 1. The number of nitrogens with zero attached hydrogens (tertiary/aromatic N) is 4. The van der Waals surface area contributed by atoms with Gasteiger partial charge >= 0.3 is 0 Å². The Morgan fingerprint density at radius 3 is 2.75 bits per heavy atom. The van der Waals surface area contributed by atoms with E-state index in [0.29, 0.717) is 11.7 Å². The van der Waals surface area contributed by atoms with Gasteiger partial charge < -0.3 is 10.1 Å². The summed E-state index contributed by atoms with van der Waals surface area (Å²) >= 11 is 1.37. The molecule has 7 nitrogen and oxygen atoms in total. The highest BCUT2D eigenvalue weighted by Crippen LogP contribution is 2.27. The maximum atomic E-state index is 12.2. The molecule has 8 heteroatoms. The van der Waals surface area contributed by atoms with Crippen molar-refractivity contribution >= 4 is 17.7 Å². The molecule has 28 heavy (non-hydrogen) atoms. The van der Waals surface area contributed by atoms with Crippen molar-refractivity contribution in [1.82, 2.24) is 25.1 Å². The summed E-state index contributed by atoms with van der Waals surface area (Å²) in [6, 6.07) is 13.7. The quantitative estimate of drug-likeness (QED) is 0.620. The first-order valence-electron chi connectivity index (χ1n) is 9.23. The zero-order chi connectivity index (χ0) is 19.2. The van der Waals surface area contributed by atoms with Crippen molar-refractivity contribution in [1.29, 1.82) is 0 Å². The van der Waals surface area contributed by atoms with Crippen LogP contribution in [0.2, 0.25) is 0 Å². The van der Waals surface area contributed by atoms with Gasteiger partial charge in [0.25, 0.3) is 0 Å². The number of amides is 1. The molecule has 144 valence electrons. The minimum absolute atomic E-state index is 0.0337. The highest BCUT2D eigenvalue weighted by atomic mass is 32.2. The molecule has 1 aromatic carbocycles. The second-order valence-electron chi connectivity index (χ2n) is 6.44. The van der Waals surface area contributed by atoms with Gasteiger partial charge in [-0.2, -0.15) is 0 Å². The van der Waals surface area contributed by atoms with Crippen LogP contribution in [0.1, 0.15) is 12.8 Å². The second-order valence-corrected chi connectivity index (χ2v) is 7.38. The number of benzene rings is 1. The predicted molar refractivity (Wildman–Crippen MR) is 107 cm³/mol. The van der Waals surface area contributed by atoms with Gasteiger partial charge in [-0.05, 0) is 37.1 Å². The van der Waals surface area contributed by atoms with Crippen LogP contribution in [0.3, 0.4) is 0 Å². The van der Waals surface area contributed by atoms with Crippen molar-refractivity contribution in [2.24, 2.45) is 0 Å². The first-order chi connectivity index (χ1) is 13.8. The number of aromatic nitrogens is 4. The van der Waals surface area contributed by atoms with Crippen LogP contribution in [-0.2, 0) is 9.53 Å². The van der Waals surface area contributed by atoms with Crippen LogP contribution >= 0.6 is 11.8 Å². The van der Waals surface area contributed by atoms with E-state index in [2.05, 4.69) is 20.5 Å². The Bertz CT molecular complexity index is 911. The first kappa shape index (κ1) is 18.6. The van der Waals surface area contributed by atoms with E-state index in [4.69, 9.17) is 4.74 Å². The summed E-state index contributed by atoms with van der Waals surface area (Å²) in [5.74, 6) is 0.957. The van der Waals surface area contributed by atoms with E-state index in [-0.39, 0.29) is 17.8 Å². The zero-order valence-corrected chi connectivity index (χ0v) is 16.1. The molecule has 4 rings (SSSR count). The average Bonchev–Trinajstić information content (AvgIpc) is 3.42. The minimum atomic E-state index is -0.0337. The summed E-state index contributed by atoms with van der Waals surface area (Å²) in [6.45, 7) is 1.35. The van der Waals surface area contributed by atoms with Gasteiger partial charge in [-0.3, -0.25) is 14.3 Å². The van der Waals surface area contributed by atoms with Gasteiger partial charge in [0, 0.05) is 36.8 Å². The van der Waals surface area contributed by atoms with Crippen molar-refractivity contribution in [2.75, 3.05) is 18.9 Å². The lowest BCUT2D eigenvalue weighted by atomic mass is 10.2. The third kappa shape index (κ3) is 4.40. The largest absolute Gasteiger partial charge is 0.376 e. The van der Waals surface area contributed by atoms with Crippen molar-refractivity contribution in [3.05, 3.63) is 54.9 Å². The maximum Gasteiger partial charge on any atom is 0.230 e. The van der Waals surface area contributed by atoms with Gasteiger partial charge in [0.05, 0.1) is 11.9 Å². The number of hydrogen-bond acceptors (Lipinski definition) is 6. The van der Waals surface area contributed by atoms with Crippen molar-refractivity contribution in [3.63, 3.8) is 0 Å². The van der Waals surface area contributed by atoms with Gasteiger partial charge in [0.2, 0.25) is 5.91 Å². The fourth-order valence-corrected chi connectivity index (χ4v) is 3.86. The average molecular weight is 395 g/mol. The SMILES string of the molecule is O=C(CSc1nnc(-c2ccncc2)n1-c1ccccc1)NC[C@H]1CCCO1. The summed E-state index contributed by atoms with van der Waals surface area (Å²) < 4.78 is 7.51. The third-order valence-corrected chi connectivity index (χ3v) is 5.40. The fraction of sp³-hybridized carbons (Fsp3) is 0.300. The van der Waals surface area contributed by atoms with Crippen LogP contribution in [0.5, 0.6) is 0 Å². The molecule has 1 atom stereocenters. The predicted octanol–water partition coefficient (Wildman–Crippen LogP) is 2.72. The van der Waals surface area contributed by atoms with E-state index in [0.717, 1.165) is 36.5 Å². The van der Waals surface area contributed by atoms with Crippen LogP contribution in [-0.4, -0.2) is 50.7 Å². The lowest BCUT2D eigenvalue weighted by Crippen LogP contribution is -2.32. The number of carbonyl (C=O) groups excluding carboxylic acids is 1. The molecule has 0 spiro atoms. The third-order valence-electron chi connectivity index (χ3n) is 4.47. The summed E-state index contributed by atoms with van der Waals surface area (Å²) in [6.07, 6.45) is 5.66. The maximum absolute atomic E-state index is 12.2. The van der Waals surface area contributed by atoms with E-state index >= 15 is 0 Å². The Morgan fingerprint density at radius 1 is 1.18 bits per heavy atom. The molecule has 1 aliphatic rings. The topological polar surface area (TPSA) is 81.9 Å². The van der Waals surface area contributed by atoms with Gasteiger partial charge in [0.15, 0.2) is 11.0 Å². The Hall–Kier alpha value is -2.71. The lowest BCUT2D eigenvalue weighted by Gasteiger charge is -2.12. The van der Waals surface area contributed by atoms with Gasteiger partial charge in [0.1, 0.15) is 0 Å². The zero-order valence-electron chi connectivity index (χ0n) is 15.3. The van der Waals surface area contributed by atoms with Gasteiger partial charge in [-0.25, -0.2) is 0 Å². The number of pyridine rings is 1. The Morgan fingerprint density at radius 2 is 2.00 bits per heavy atom. The van der Waals surface area contributed by atoms with E-state index in [9.17, 15) is 4.79 Å². The molecular formula is C20H21N5O2S. The van der Waals surface area contributed by atoms with Crippen LogP contribution in [0.25, 0.3) is 17.1 Å². The van der Waals surface area contributed by atoms with Gasteiger partial charge in [-0.1, -0.05) is 30.0 Å². The molecule has 1 amide bonds.